The van der Waals surface area contributed by atoms with Gasteiger partial charge in [-0.25, -0.2) is 4.98 Å². The zero-order chi connectivity index (χ0) is 15.4. The molecule has 0 aliphatic rings. The summed E-state index contributed by atoms with van der Waals surface area (Å²) in [7, 11) is 0. The smallest absolute Gasteiger partial charge is 0.171 e. The molecule has 2 aromatic carbocycles. The molecule has 0 aliphatic heterocycles. The second-order valence-corrected chi connectivity index (χ2v) is 5.51. The number of nitrogens with one attached hydrogen (secondary N) is 3. The van der Waals surface area contributed by atoms with Crippen LogP contribution in [0.4, 0.5) is 5.69 Å². The quantitative estimate of drug-likeness (QED) is 0.638. The van der Waals surface area contributed by atoms with Gasteiger partial charge in [-0.05, 0) is 42.4 Å². The highest BCUT2D eigenvalue weighted by molar-refractivity contribution is 7.80. The zero-order valence-electron chi connectivity index (χ0n) is 12.3. The van der Waals surface area contributed by atoms with Crippen LogP contribution in [0, 0.1) is 0 Å². The first-order valence-electron chi connectivity index (χ1n) is 7.32. The van der Waals surface area contributed by atoms with Crippen molar-refractivity contribution >= 4 is 34.1 Å². The Bertz CT molecular complexity index is 766. The molecule has 1 heterocycles. The van der Waals surface area contributed by atoms with Gasteiger partial charge in [0.2, 0.25) is 0 Å². The Morgan fingerprint density at radius 3 is 2.82 bits per heavy atom. The Balaban J connectivity index is 1.68. The normalized spacial score (nSPS) is 12.0. The lowest BCUT2D eigenvalue weighted by atomic mass is 10.1. The SMILES string of the molecule is CCC(NC(=S)Nc1ccc2nc[nH]c2c1)c1ccccc1. The van der Waals surface area contributed by atoms with E-state index in [-0.39, 0.29) is 6.04 Å². The molecule has 0 fully saturated rings. The van der Waals surface area contributed by atoms with E-state index in [9.17, 15) is 0 Å². The van der Waals surface area contributed by atoms with Crippen LogP contribution in [0.5, 0.6) is 0 Å². The Morgan fingerprint density at radius 2 is 2.05 bits per heavy atom. The second kappa shape index (κ2) is 6.58. The minimum absolute atomic E-state index is 0.206. The molecule has 0 amide bonds. The molecule has 0 aliphatic carbocycles. The fourth-order valence-corrected chi connectivity index (χ4v) is 2.71. The summed E-state index contributed by atoms with van der Waals surface area (Å²) in [6.45, 7) is 2.14. The lowest BCUT2D eigenvalue weighted by Gasteiger charge is -2.20. The summed E-state index contributed by atoms with van der Waals surface area (Å²) < 4.78 is 0. The maximum Gasteiger partial charge on any atom is 0.171 e. The van der Waals surface area contributed by atoms with Gasteiger partial charge in [0.05, 0.1) is 23.4 Å². The molecule has 0 spiro atoms. The average molecular weight is 310 g/mol. The van der Waals surface area contributed by atoms with E-state index in [1.54, 1.807) is 6.33 Å². The van der Waals surface area contributed by atoms with Crippen molar-refractivity contribution in [3.8, 4) is 0 Å². The largest absolute Gasteiger partial charge is 0.356 e. The maximum atomic E-state index is 5.43. The number of nitrogens with zero attached hydrogens (tertiary/aromatic N) is 1. The lowest BCUT2D eigenvalue weighted by Crippen LogP contribution is -2.32. The first kappa shape index (κ1) is 14.5. The minimum Gasteiger partial charge on any atom is -0.356 e. The summed E-state index contributed by atoms with van der Waals surface area (Å²) in [5.74, 6) is 0. The van der Waals surface area contributed by atoms with Gasteiger partial charge < -0.3 is 15.6 Å². The van der Waals surface area contributed by atoms with Crippen molar-refractivity contribution in [1.82, 2.24) is 15.3 Å². The minimum atomic E-state index is 0.206. The number of rotatable bonds is 4. The first-order valence-corrected chi connectivity index (χ1v) is 7.72. The number of hydrogen-bond donors (Lipinski definition) is 3. The summed E-state index contributed by atoms with van der Waals surface area (Å²) in [5, 5.41) is 7.22. The summed E-state index contributed by atoms with van der Waals surface area (Å²) >= 11 is 5.43. The van der Waals surface area contributed by atoms with Crippen molar-refractivity contribution in [2.75, 3.05) is 5.32 Å². The van der Waals surface area contributed by atoms with Gasteiger partial charge in [-0.1, -0.05) is 37.3 Å². The lowest BCUT2D eigenvalue weighted by molar-refractivity contribution is 0.629. The van der Waals surface area contributed by atoms with Gasteiger partial charge in [0, 0.05) is 5.69 Å². The predicted octanol–water partition coefficient (Wildman–Crippen LogP) is 4.00. The van der Waals surface area contributed by atoms with Crippen molar-refractivity contribution in [2.45, 2.75) is 19.4 Å². The molecule has 0 bridgehead atoms. The van der Waals surface area contributed by atoms with E-state index in [1.807, 2.05) is 36.4 Å². The molecule has 0 saturated heterocycles. The van der Waals surface area contributed by atoms with Crippen LogP contribution >= 0.6 is 12.2 Å². The van der Waals surface area contributed by atoms with Crippen LogP contribution in [0.15, 0.2) is 54.9 Å². The first-order chi connectivity index (χ1) is 10.8. The van der Waals surface area contributed by atoms with Crippen molar-refractivity contribution in [2.24, 2.45) is 0 Å². The third kappa shape index (κ3) is 3.26. The molecule has 0 radical (unpaired) electrons. The maximum absolute atomic E-state index is 5.43. The zero-order valence-corrected chi connectivity index (χ0v) is 13.2. The van der Waals surface area contributed by atoms with Crippen molar-refractivity contribution < 1.29 is 0 Å². The molecule has 112 valence electrons. The number of anilines is 1. The number of fused-ring (bicyclic) bond motifs is 1. The van der Waals surface area contributed by atoms with E-state index >= 15 is 0 Å². The van der Waals surface area contributed by atoms with Crippen LogP contribution in [0.3, 0.4) is 0 Å². The van der Waals surface area contributed by atoms with Gasteiger partial charge in [0.1, 0.15) is 0 Å². The van der Waals surface area contributed by atoms with Gasteiger partial charge in [-0.15, -0.1) is 0 Å². The third-order valence-corrected chi connectivity index (χ3v) is 3.81. The number of aromatic nitrogens is 2. The predicted molar refractivity (Wildman–Crippen MR) is 94.9 cm³/mol. The molecular formula is C17H18N4S. The Hall–Kier alpha value is -2.40. The highest BCUT2D eigenvalue weighted by atomic mass is 32.1. The molecule has 1 unspecified atom stereocenters. The van der Waals surface area contributed by atoms with E-state index in [0.29, 0.717) is 5.11 Å². The molecule has 0 saturated carbocycles. The number of aromatic amines is 1. The van der Waals surface area contributed by atoms with Gasteiger partial charge in [0.25, 0.3) is 0 Å². The van der Waals surface area contributed by atoms with Gasteiger partial charge >= 0.3 is 0 Å². The van der Waals surface area contributed by atoms with Crippen LogP contribution in [-0.2, 0) is 0 Å². The standard InChI is InChI=1S/C17H18N4S/c1-2-14(12-6-4-3-5-7-12)21-17(22)20-13-8-9-15-16(10-13)19-11-18-15/h3-11,14H,2H2,1H3,(H,18,19)(H2,20,21,22). The van der Waals surface area contributed by atoms with E-state index in [4.69, 9.17) is 12.2 Å². The summed E-state index contributed by atoms with van der Waals surface area (Å²) in [4.78, 5) is 7.30. The Morgan fingerprint density at radius 1 is 1.23 bits per heavy atom. The molecule has 1 aromatic heterocycles. The van der Waals surface area contributed by atoms with E-state index in [1.165, 1.54) is 5.56 Å². The van der Waals surface area contributed by atoms with Crippen LogP contribution in [0.1, 0.15) is 24.9 Å². The molecule has 22 heavy (non-hydrogen) atoms. The van der Waals surface area contributed by atoms with Crippen LogP contribution in [0.2, 0.25) is 0 Å². The van der Waals surface area contributed by atoms with Crippen molar-refractivity contribution in [3.63, 3.8) is 0 Å². The second-order valence-electron chi connectivity index (χ2n) is 5.10. The van der Waals surface area contributed by atoms with Crippen molar-refractivity contribution in [3.05, 3.63) is 60.4 Å². The van der Waals surface area contributed by atoms with E-state index in [2.05, 4.69) is 39.7 Å². The summed E-state index contributed by atoms with van der Waals surface area (Å²) in [6, 6.07) is 16.5. The topological polar surface area (TPSA) is 52.7 Å². The average Bonchev–Trinajstić information content (AvgIpc) is 3.01. The molecule has 5 heteroatoms. The van der Waals surface area contributed by atoms with Crippen LogP contribution < -0.4 is 10.6 Å². The van der Waals surface area contributed by atoms with Gasteiger partial charge in [-0.3, -0.25) is 0 Å². The number of H-pyrrole nitrogens is 1. The highest BCUT2D eigenvalue weighted by Gasteiger charge is 2.10. The monoisotopic (exact) mass is 310 g/mol. The number of hydrogen-bond acceptors (Lipinski definition) is 2. The third-order valence-electron chi connectivity index (χ3n) is 3.59. The summed E-state index contributed by atoms with van der Waals surface area (Å²) in [6.07, 6.45) is 2.65. The van der Waals surface area contributed by atoms with Crippen LogP contribution in [0.25, 0.3) is 11.0 Å². The number of thiocarbonyl (C=S) groups is 1. The molecule has 4 nitrogen and oxygen atoms in total. The van der Waals surface area contributed by atoms with Gasteiger partial charge in [-0.2, -0.15) is 0 Å². The Labute approximate surface area is 135 Å². The molecular weight excluding hydrogens is 292 g/mol. The van der Waals surface area contributed by atoms with Crippen molar-refractivity contribution in [1.29, 1.82) is 0 Å². The molecule has 3 N–H and O–H groups in total. The summed E-state index contributed by atoms with van der Waals surface area (Å²) in [5.41, 5.74) is 4.11. The van der Waals surface area contributed by atoms with Crippen LogP contribution in [-0.4, -0.2) is 15.1 Å². The molecule has 1 atom stereocenters. The molecule has 3 rings (SSSR count). The number of benzene rings is 2. The molecule has 3 aromatic rings. The van der Waals surface area contributed by atoms with E-state index < -0.39 is 0 Å². The highest BCUT2D eigenvalue weighted by Crippen LogP contribution is 2.18. The fourth-order valence-electron chi connectivity index (χ4n) is 2.45. The van der Waals surface area contributed by atoms with Gasteiger partial charge in [0.15, 0.2) is 5.11 Å². The fraction of sp³-hybridized carbons (Fsp3) is 0.176. The van der Waals surface area contributed by atoms with E-state index in [0.717, 1.165) is 23.1 Å². The number of imidazole rings is 1. The Kier molecular flexibility index (Phi) is 4.34.